The summed E-state index contributed by atoms with van der Waals surface area (Å²) in [5.41, 5.74) is 2.22. The Bertz CT molecular complexity index is 883. The fourth-order valence-electron chi connectivity index (χ4n) is 3.97. The molecule has 2 aliphatic heterocycles. The van der Waals surface area contributed by atoms with E-state index < -0.39 is 5.60 Å². The first-order valence-electron chi connectivity index (χ1n) is 9.31. The number of hydrogen-bond acceptors (Lipinski definition) is 4. The highest BCUT2D eigenvalue weighted by Crippen LogP contribution is 2.41. The predicted molar refractivity (Wildman–Crippen MR) is 101 cm³/mol. The molecule has 1 saturated heterocycles. The summed E-state index contributed by atoms with van der Waals surface area (Å²) in [5.74, 6) is 1.37. The van der Waals surface area contributed by atoms with Gasteiger partial charge in [-0.2, -0.15) is 0 Å². The van der Waals surface area contributed by atoms with E-state index in [1.54, 1.807) is 17.0 Å². The van der Waals surface area contributed by atoms with Gasteiger partial charge in [0.25, 0.3) is 0 Å². The fraction of sp³-hybridized carbons (Fsp3) is 0.364. The molecule has 27 heavy (non-hydrogen) atoms. The van der Waals surface area contributed by atoms with Gasteiger partial charge in [-0.25, -0.2) is 4.79 Å². The quantitative estimate of drug-likeness (QED) is 0.756. The van der Waals surface area contributed by atoms with E-state index in [1.165, 1.54) is 0 Å². The van der Waals surface area contributed by atoms with Crippen LogP contribution in [0.3, 0.4) is 0 Å². The lowest BCUT2D eigenvalue weighted by atomic mass is 9.81. The van der Waals surface area contributed by atoms with Gasteiger partial charge >= 0.3 is 6.09 Å². The lowest BCUT2D eigenvalue weighted by molar-refractivity contribution is -0.00491. The van der Waals surface area contributed by atoms with Crippen LogP contribution in [0.1, 0.15) is 40.7 Å². The zero-order chi connectivity index (χ0) is 19.0. The van der Waals surface area contributed by atoms with Crippen LogP contribution < -0.4 is 9.47 Å². The van der Waals surface area contributed by atoms with Crippen LogP contribution in [0.2, 0.25) is 0 Å². The number of aryl methyl sites for hydroxylation is 2. The highest BCUT2D eigenvalue weighted by molar-refractivity contribution is 6.01. The highest BCUT2D eigenvalue weighted by atomic mass is 16.6. The summed E-state index contributed by atoms with van der Waals surface area (Å²) >= 11 is 0. The molecule has 0 unspecified atom stereocenters. The molecule has 1 spiro atoms. The van der Waals surface area contributed by atoms with E-state index in [2.05, 4.69) is 0 Å². The molecule has 5 heteroatoms. The molecule has 0 N–H and O–H groups in total. The van der Waals surface area contributed by atoms with Crippen LogP contribution >= 0.6 is 0 Å². The number of likely N-dealkylation sites (tertiary alicyclic amines) is 1. The maximum Gasteiger partial charge on any atom is 0.415 e. The number of rotatable bonds is 1. The van der Waals surface area contributed by atoms with E-state index in [4.69, 9.17) is 9.47 Å². The first-order valence-corrected chi connectivity index (χ1v) is 9.31. The molecule has 2 aromatic carbocycles. The van der Waals surface area contributed by atoms with Gasteiger partial charge in [0, 0.05) is 25.9 Å². The van der Waals surface area contributed by atoms with Gasteiger partial charge in [-0.15, -0.1) is 0 Å². The van der Waals surface area contributed by atoms with E-state index in [0.29, 0.717) is 49.4 Å². The number of amides is 1. The molecular weight excluding hydrogens is 342 g/mol. The first kappa shape index (κ1) is 17.6. The zero-order valence-corrected chi connectivity index (χ0v) is 15.7. The topological polar surface area (TPSA) is 55.8 Å². The van der Waals surface area contributed by atoms with E-state index in [-0.39, 0.29) is 11.9 Å². The van der Waals surface area contributed by atoms with Crippen molar-refractivity contribution in [3.8, 4) is 11.5 Å². The zero-order valence-electron chi connectivity index (χ0n) is 15.7. The van der Waals surface area contributed by atoms with Crippen LogP contribution in [0.5, 0.6) is 11.5 Å². The average Bonchev–Trinajstić information content (AvgIpc) is 2.64. The van der Waals surface area contributed by atoms with Crippen LogP contribution in [0.25, 0.3) is 0 Å². The number of nitrogens with zero attached hydrogens (tertiary/aromatic N) is 1. The number of carbonyl (C=O) groups is 2. The smallest absolute Gasteiger partial charge is 0.415 e. The van der Waals surface area contributed by atoms with Crippen molar-refractivity contribution in [3.63, 3.8) is 0 Å². The van der Waals surface area contributed by atoms with Gasteiger partial charge in [0.2, 0.25) is 0 Å². The summed E-state index contributed by atoms with van der Waals surface area (Å²) in [4.78, 5) is 26.8. The van der Waals surface area contributed by atoms with Crippen molar-refractivity contribution < 1.29 is 19.1 Å². The number of benzene rings is 2. The molecule has 140 valence electrons. The number of para-hydroxylation sites is 1. The van der Waals surface area contributed by atoms with Crippen LogP contribution in [0.15, 0.2) is 42.5 Å². The van der Waals surface area contributed by atoms with Crippen molar-refractivity contribution in [2.45, 2.75) is 38.7 Å². The SMILES string of the molecule is Cc1cc(C)c2c(c1)C(=O)CC1(CCN(C(=O)Oc3ccccc3)CC1)O2. The molecule has 0 bridgehead atoms. The normalized spacial score (nSPS) is 18.0. The summed E-state index contributed by atoms with van der Waals surface area (Å²) in [7, 11) is 0. The summed E-state index contributed by atoms with van der Waals surface area (Å²) in [6.07, 6.45) is 1.25. The standard InChI is InChI=1S/C22H23NO4/c1-15-12-16(2)20-18(13-15)19(24)14-22(27-20)8-10-23(11-9-22)21(25)26-17-6-4-3-5-7-17/h3-7,12-13H,8-11,14H2,1-2H3. The van der Waals surface area contributed by atoms with Gasteiger partial charge in [0.15, 0.2) is 5.78 Å². The van der Waals surface area contributed by atoms with E-state index >= 15 is 0 Å². The Morgan fingerprint density at radius 1 is 1.11 bits per heavy atom. The number of hydrogen-bond donors (Lipinski definition) is 0. The third-order valence-corrected chi connectivity index (χ3v) is 5.40. The second-order valence-corrected chi connectivity index (χ2v) is 7.51. The monoisotopic (exact) mass is 365 g/mol. The summed E-state index contributed by atoms with van der Waals surface area (Å²) in [6, 6.07) is 13.0. The molecule has 2 heterocycles. The minimum atomic E-state index is -0.520. The van der Waals surface area contributed by atoms with Gasteiger partial charge in [-0.3, -0.25) is 4.79 Å². The van der Waals surface area contributed by atoms with E-state index in [1.807, 2.05) is 44.2 Å². The number of Topliss-reactive ketones (excluding diaryl/α,β-unsaturated/α-hetero) is 1. The Morgan fingerprint density at radius 2 is 1.81 bits per heavy atom. The molecule has 4 rings (SSSR count). The van der Waals surface area contributed by atoms with Crippen molar-refractivity contribution in [2.24, 2.45) is 0 Å². The molecule has 0 saturated carbocycles. The summed E-state index contributed by atoms with van der Waals surface area (Å²) in [6.45, 7) is 4.99. The molecule has 5 nitrogen and oxygen atoms in total. The summed E-state index contributed by atoms with van der Waals surface area (Å²) in [5, 5.41) is 0. The van der Waals surface area contributed by atoms with Crippen molar-refractivity contribution in [3.05, 3.63) is 59.2 Å². The van der Waals surface area contributed by atoms with E-state index in [0.717, 1.165) is 11.1 Å². The van der Waals surface area contributed by atoms with Gasteiger partial charge < -0.3 is 14.4 Å². The van der Waals surface area contributed by atoms with Crippen molar-refractivity contribution in [1.29, 1.82) is 0 Å². The van der Waals surface area contributed by atoms with Crippen LogP contribution in [-0.2, 0) is 0 Å². The summed E-state index contributed by atoms with van der Waals surface area (Å²) < 4.78 is 11.8. The maximum atomic E-state index is 12.7. The Labute approximate surface area is 158 Å². The molecule has 0 aliphatic carbocycles. The lowest BCUT2D eigenvalue weighted by Gasteiger charge is -2.44. The molecule has 0 atom stereocenters. The van der Waals surface area contributed by atoms with Gasteiger partial charge in [-0.05, 0) is 43.2 Å². The molecule has 1 fully saturated rings. The Morgan fingerprint density at radius 3 is 2.52 bits per heavy atom. The van der Waals surface area contributed by atoms with Crippen LogP contribution in [-0.4, -0.2) is 35.5 Å². The van der Waals surface area contributed by atoms with Crippen LogP contribution in [0.4, 0.5) is 4.79 Å². The molecule has 0 aromatic heterocycles. The lowest BCUT2D eigenvalue weighted by Crippen LogP contribution is -2.52. The van der Waals surface area contributed by atoms with Gasteiger partial charge in [0.1, 0.15) is 17.1 Å². The highest BCUT2D eigenvalue weighted by Gasteiger charge is 2.44. The second kappa shape index (κ2) is 6.72. The number of ether oxygens (including phenoxy) is 2. The largest absolute Gasteiger partial charge is 0.486 e. The third kappa shape index (κ3) is 3.42. The van der Waals surface area contributed by atoms with Gasteiger partial charge in [-0.1, -0.05) is 24.3 Å². The maximum absolute atomic E-state index is 12.7. The third-order valence-electron chi connectivity index (χ3n) is 5.40. The number of piperidine rings is 1. The molecule has 0 radical (unpaired) electrons. The van der Waals surface area contributed by atoms with Crippen molar-refractivity contribution >= 4 is 11.9 Å². The Kier molecular flexibility index (Phi) is 4.38. The van der Waals surface area contributed by atoms with Crippen molar-refractivity contribution in [2.75, 3.05) is 13.1 Å². The second-order valence-electron chi connectivity index (χ2n) is 7.51. The minimum Gasteiger partial charge on any atom is -0.486 e. The predicted octanol–water partition coefficient (Wildman–Crippen LogP) is 4.30. The molecule has 2 aliphatic rings. The van der Waals surface area contributed by atoms with Crippen molar-refractivity contribution in [1.82, 2.24) is 4.90 Å². The van der Waals surface area contributed by atoms with E-state index in [9.17, 15) is 9.59 Å². The van der Waals surface area contributed by atoms with Crippen LogP contribution in [0, 0.1) is 13.8 Å². The molecular formula is C22H23NO4. The fourth-order valence-corrected chi connectivity index (χ4v) is 3.97. The number of fused-ring (bicyclic) bond motifs is 1. The number of ketones is 1. The molecule has 1 amide bonds. The molecule has 2 aromatic rings. The Balaban J connectivity index is 1.46. The van der Waals surface area contributed by atoms with Gasteiger partial charge in [0.05, 0.1) is 12.0 Å². The Hall–Kier alpha value is -2.82. The number of carbonyl (C=O) groups excluding carboxylic acids is 2. The minimum absolute atomic E-state index is 0.128. The average molecular weight is 365 g/mol. The first-order chi connectivity index (χ1) is 13.0.